The second kappa shape index (κ2) is 9.09. The highest BCUT2D eigenvalue weighted by Crippen LogP contribution is 2.35. The van der Waals surface area contributed by atoms with Gasteiger partial charge in [0.05, 0.1) is 5.56 Å². The van der Waals surface area contributed by atoms with Crippen LogP contribution in [0.1, 0.15) is 70.2 Å². The standard InChI is InChI=1S/C22H30F2O5/c1-14(2)18(22(23,24)20(26)27)28-19(25)15-10-12-17(13-11-15)29-21(3,4)16-8-6-5-7-9-16/h10-14,16,18H,5-9H2,1-4H3,(H,26,27)/p-1. The van der Waals surface area contributed by atoms with E-state index in [-0.39, 0.29) is 11.2 Å². The molecule has 1 unspecified atom stereocenters. The van der Waals surface area contributed by atoms with E-state index in [4.69, 9.17) is 9.47 Å². The number of carbonyl (C=O) groups is 2. The number of ether oxygens (including phenoxy) is 2. The van der Waals surface area contributed by atoms with Crippen LogP contribution < -0.4 is 9.84 Å². The molecule has 0 spiro atoms. The second-order valence-electron chi connectivity index (χ2n) is 8.55. The summed E-state index contributed by atoms with van der Waals surface area (Å²) < 4.78 is 38.5. The summed E-state index contributed by atoms with van der Waals surface area (Å²) in [6, 6.07) is 6.01. The molecule has 1 aromatic rings. The van der Waals surface area contributed by atoms with Gasteiger partial charge in [-0.25, -0.2) is 4.79 Å². The van der Waals surface area contributed by atoms with Gasteiger partial charge in [-0.2, -0.15) is 8.78 Å². The summed E-state index contributed by atoms with van der Waals surface area (Å²) in [4.78, 5) is 23.0. The van der Waals surface area contributed by atoms with Crippen molar-refractivity contribution in [2.24, 2.45) is 11.8 Å². The molecule has 1 aliphatic rings. The molecule has 0 aliphatic heterocycles. The molecule has 1 fully saturated rings. The smallest absolute Gasteiger partial charge is 0.338 e. The van der Waals surface area contributed by atoms with Crippen LogP contribution in [0.25, 0.3) is 0 Å². The second-order valence-corrected chi connectivity index (χ2v) is 8.55. The number of halogens is 2. The number of esters is 1. The number of carbonyl (C=O) groups excluding carboxylic acids is 2. The van der Waals surface area contributed by atoms with E-state index in [1.807, 2.05) is 13.8 Å². The lowest BCUT2D eigenvalue weighted by Gasteiger charge is -2.37. The van der Waals surface area contributed by atoms with E-state index < -0.39 is 29.9 Å². The van der Waals surface area contributed by atoms with E-state index in [1.165, 1.54) is 45.2 Å². The summed E-state index contributed by atoms with van der Waals surface area (Å²) >= 11 is 0. The molecule has 5 nitrogen and oxygen atoms in total. The first-order chi connectivity index (χ1) is 13.4. The molecule has 2 rings (SSSR count). The van der Waals surface area contributed by atoms with E-state index in [9.17, 15) is 23.5 Å². The van der Waals surface area contributed by atoms with Crippen LogP contribution in [-0.4, -0.2) is 29.6 Å². The minimum Gasteiger partial charge on any atom is -0.544 e. The highest BCUT2D eigenvalue weighted by Gasteiger charge is 2.46. The van der Waals surface area contributed by atoms with Crippen LogP contribution in [0.2, 0.25) is 0 Å². The topological polar surface area (TPSA) is 75.7 Å². The van der Waals surface area contributed by atoms with Crippen molar-refractivity contribution in [2.45, 2.75) is 77.4 Å². The Kier molecular flexibility index (Phi) is 7.25. The summed E-state index contributed by atoms with van der Waals surface area (Å²) in [5, 5.41) is 10.7. The molecule has 1 aliphatic carbocycles. The van der Waals surface area contributed by atoms with Gasteiger partial charge in [0.15, 0.2) is 6.10 Å². The van der Waals surface area contributed by atoms with Crippen molar-refractivity contribution < 1.29 is 33.0 Å². The zero-order chi connectivity index (χ0) is 21.8. The number of carboxylic acid groups (broad SMARTS) is 1. The van der Waals surface area contributed by atoms with Gasteiger partial charge in [-0.1, -0.05) is 33.1 Å². The normalized spacial score (nSPS) is 17.1. The van der Waals surface area contributed by atoms with Crippen molar-refractivity contribution in [1.29, 1.82) is 0 Å². The number of alkyl halides is 2. The summed E-state index contributed by atoms with van der Waals surface area (Å²) in [6.45, 7) is 6.78. The number of hydrogen-bond acceptors (Lipinski definition) is 5. The van der Waals surface area contributed by atoms with Crippen LogP contribution in [0.15, 0.2) is 24.3 Å². The summed E-state index contributed by atoms with van der Waals surface area (Å²) in [6.07, 6.45) is 3.73. The fourth-order valence-corrected chi connectivity index (χ4v) is 3.77. The van der Waals surface area contributed by atoms with Crippen LogP contribution in [0.3, 0.4) is 0 Å². The molecule has 0 amide bonds. The number of hydrogen-bond donors (Lipinski definition) is 0. The Morgan fingerprint density at radius 2 is 1.62 bits per heavy atom. The average Bonchev–Trinajstić information content (AvgIpc) is 2.66. The maximum Gasteiger partial charge on any atom is 0.338 e. The van der Waals surface area contributed by atoms with Gasteiger partial charge in [-0.15, -0.1) is 0 Å². The molecule has 0 heterocycles. The van der Waals surface area contributed by atoms with Gasteiger partial charge in [0.2, 0.25) is 0 Å². The van der Waals surface area contributed by atoms with Crippen molar-refractivity contribution in [3.05, 3.63) is 29.8 Å². The number of benzene rings is 1. The van der Waals surface area contributed by atoms with Crippen LogP contribution in [0, 0.1) is 11.8 Å². The predicted molar refractivity (Wildman–Crippen MR) is 102 cm³/mol. The molecule has 1 saturated carbocycles. The molecule has 0 aromatic heterocycles. The lowest BCUT2D eigenvalue weighted by atomic mass is 9.79. The lowest BCUT2D eigenvalue weighted by Crippen LogP contribution is -2.53. The van der Waals surface area contributed by atoms with Crippen LogP contribution >= 0.6 is 0 Å². The molecular formula is C22H29F2O5-. The predicted octanol–water partition coefficient (Wildman–Crippen LogP) is 3.99. The van der Waals surface area contributed by atoms with Crippen molar-refractivity contribution in [2.75, 3.05) is 0 Å². The van der Waals surface area contributed by atoms with E-state index in [0.717, 1.165) is 12.8 Å². The number of rotatable bonds is 8. The largest absolute Gasteiger partial charge is 0.544 e. The monoisotopic (exact) mass is 411 g/mol. The number of carboxylic acids is 1. The SMILES string of the molecule is CC(C)C(OC(=O)c1ccc(OC(C)(C)C2CCCCC2)cc1)C(F)(F)C(=O)[O-]. The van der Waals surface area contributed by atoms with E-state index in [0.29, 0.717) is 11.7 Å². The van der Waals surface area contributed by atoms with Crippen LogP contribution in [-0.2, 0) is 9.53 Å². The first-order valence-electron chi connectivity index (χ1n) is 10.0. The van der Waals surface area contributed by atoms with E-state index >= 15 is 0 Å². The highest BCUT2D eigenvalue weighted by atomic mass is 19.3. The molecule has 7 heteroatoms. The lowest BCUT2D eigenvalue weighted by molar-refractivity contribution is -0.337. The number of aliphatic carboxylic acids is 1. The minimum absolute atomic E-state index is 0.0348. The fraction of sp³-hybridized carbons (Fsp3) is 0.636. The third-order valence-corrected chi connectivity index (χ3v) is 5.53. The van der Waals surface area contributed by atoms with Gasteiger partial charge in [0.25, 0.3) is 0 Å². The molecule has 0 saturated heterocycles. The van der Waals surface area contributed by atoms with Crippen LogP contribution in [0.4, 0.5) is 8.78 Å². The highest BCUT2D eigenvalue weighted by molar-refractivity contribution is 5.90. The van der Waals surface area contributed by atoms with Crippen LogP contribution in [0.5, 0.6) is 5.75 Å². The Bertz CT molecular complexity index is 706. The fourth-order valence-electron chi connectivity index (χ4n) is 3.77. The zero-order valence-electron chi connectivity index (χ0n) is 17.4. The molecular weight excluding hydrogens is 382 g/mol. The Morgan fingerprint density at radius 3 is 2.10 bits per heavy atom. The molecule has 0 radical (unpaired) electrons. The van der Waals surface area contributed by atoms with E-state index in [2.05, 4.69) is 0 Å². The first kappa shape index (κ1) is 23.1. The van der Waals surface area contributed by atoms with Gasteiger partial charge in [-0.05, 0) is 62.8 Å². The molecule has 1 aromatic carbocycles. The molecule has 0 N–H and O–H groups in total. The van der Waals surface area contributed by atoms with Gasteiger partial charge < -0.3 is 19.4 Å². The average molecular weight is 411 g/mol. The van der Waals surface area contributed by atoms with Crippen molar-refractivity contribution in [3.63, 3.8) is 0 Å². The minimum atomic E-state index is -4.28. The molecule has 0 bridgehead atoms. The molecule has 1 atom stereocenters. The van der Waals surface area contributed by atoms with Gasteiger partial charge in [0.1, 0.15) is 17.3 Å². The van der Waals surface area contributed by atoms with E-state index in [1.54, 1.807) is 12.1 Å². The van der Waals surface area contributed by atoms with Gasteiger partial charge >= 0.3 is 11.9 Å². The Hall–Kier alpha value is -2.18. The Morgan fingerprint density at radius 1 is 1.07 bits per heavy atom. The van der Waals surface area contributed by atoms with Crippen molar-refractivity contribution in [3.8, 4) is 5.75 Å². The maximum absolute atomic E-state index is 13.8. The summed E-state index contributed by atoms with van der Waals surface area (Å²) in [7, 11) is 0. The third kappa shape index (κ3) is 5.67. The zero-order valence-corrected chi connectivity index (χ0v) is 17.4. The first-order valence-corrected chi connectivity index (χ1v) is 10.0. The molecule has 29 heavy (non-hydrogen) atoms. The van der Waals surface area contributed by atoms with Gasteiger partial charge in [-0.3, -0.25) is 0 Å². The van der Waals surface area contributed by atoms with Crippen molar-refractivity contribution in [1.82, 2.24) is 0 Å². The van der Waals surface area contributed by atoms with Crippen molar-refractivity contribution >= 4 is 11.9 Å². The van der Waals surface area contributed by atoms with Gasteiger partial charge in [0, 0.05) is 0 Å². The Labute approximate surface area is 170 Å². The summed E-state index contributed by atoms with van der Waals surface area (Å²) in [5.74, 6) is -7.78. The quantitative estimate of drug-likeness (QED) is 0.605. The maximum atomic E-state index is 13.8. The molecule has 162 valence electrons. The third-order valence-electron chi connectivity index (χ3n) is 5.53. The summed E-state index contributed by atoms with van der Waals surface area (Å²) in [5.41, 5.74) is -0.325. The Balaban J connectivity index is 2.06.